The first kappa shape index (κ1) is 20.9. The zero-order valence-electron chi connectivity index (χ0n) is 15.7. The summed E-state index contributed by atoms with van der Waals surface area (Å²) in [5.41, 5.74) is -2.03. The lowest BCUT2D eigenvalue weighted by Gasteiger charge is -2.23. The van der Waals surface area contributed by atoms with Crippen LogP contribution in [-0.2, 0) is 9.47 Å². The van der Waals surface area contributed by atoms with E-state index >= 15 is 0 Å². The summed E-state index contributed by atoms with van der Waals surface area (Å²) in [7, 11) is 0. The second kappa shape index (κ2) is 8.06. The third-order valence-corrected chi connectivity index (χ3v) is 3.87. The monoisotopic (exact) mass is 388 g/mol. The highest BCUT2D eigenvalue weighted by molar-refractivity contribution is 5.90. The maximum Gasteiger partial charge on any atom is 0.407 e. The van der Waals surface area contributed by atoms with Crippen LogP contribution in [0.3, 0.4) is 0 Å². The fourth-order valence-corrected chi connectivity index (χ4v) is 2.77. The molecule has 0 bridgehead atoms. The molecule has 6 nitrogen and oxygen atoms in total. The summed E-state index contributed by atoms with van der Waals surface area (Å²) < 4.78 is 52.5. The second-order valence-electron chi connectivity index (χ2n) is 7.18. The number of carbonyl (C=O) groups excluding carboxylic acids is 2. The summed E-state index contributed by atoms with van der Waals surface area (Å²) in [4.78, 5) is 24.8. The van der Waals surface area contributed by atoms with Crippen LogP contribution in [0.25, 0.3) is 0 Å². The molecule has 0 spiro atoms. The quantitative estimate of drug-likeness (QED) is 0.633. The summed E-state index contributed by atoms with van der Waals surface area (Å²) in [6.07, 6.45) is -0.175. The van der Waals surface area contributed by atoms with Gasteiger partial charge in [0.1, 0.15) is 17.0 Å². The molecule has 0 radical (unpaired) electrons. The Bertz CT molecular complexity index is 734. The Morgan fingerprint density at radius 2 is 1.93 bits per heavy atom. The third-order valence-electron chi connectivity index (χ3n) is 3.87. The molecule has 1 fully saturated rings. The fraction of sp³-hybridized carbons (Fsp3) is 0.556. The Hall–Kier alpha value is -2.45. The minimum Gasteiger partial charge on any atom is -0.462 e. The smallest absolute Gasteiger partial charge is 0.407 e. The van der Waals surface area contributed by atoms with Crippen molar-refractivity contribution >= 4 is 17.7 Å². The summed E-state index contributed by atoms with van der Waals surface area (Å²) in [6.45, 7) is 6.97. The highest BCUT2D eigenvalue weighted by atomic mass is 19.2. The van der Waals surface area contributed by atoms with Crippen molar-refractivity contribution in [1.82, 2.24) is 5.32 Å². The third kappa shape index (κ3) is 5.05. The van der Waals surface area contributed by atoms with Crippen molar-refractivity contribution in [3.8, 4) is 0 Å². The second-order valence-corrected chi connectivity index (χ2v) is 7.18. The number of amides is 1. The van der Waals surface area contributed by atoms with Gasteiger partial charge in [-0.1, -0.05) is 0 Å². The molecule has 1 heterocycles. The maximum absolute atomic E-state index is 14.4. The minimum atomic E-state index is -1.59. The van der Waals surface area contributed by atoms with Gasteiger partial charge in [-0.2, -0.15) is 0 Å². The van der Waals surface area contributed by atoms with Gasteiger partial charge >= 0.3 is 12.1 Å². The average Bonchev–Trinajstić information content (AvgIpc) is 2.97. The van der Waals surface area contributed by atoms with E-state index in [0.29, 0.717) is 6.42 Å². The Morgan fingerprint density at radius 3 is 2.52 bits per heavy atom. The summed E-state index contributed by atoms with van der Waals surface area (Å²) in [5, 5.41) is 2.64. The molecule has 1 saturated heterocycles. The Balaban J connectivity index is 2.13. The minimum absolute atomic E-state index is 0.0920. The number of benzene rings is 1. The molecule has 1 unspecified atom stereocenters. The van der Waals surface area contributed by atoms with Crippen LogP contribution in [-0.4, -0.2) is 43.4 Å². The van der Waals surface area contributed by atoms with E-state index in [2.05, 4.69) is 10.1 Å². The van der Waals surface area contributed by atoms with Crippen molar-refractivity contribution in [3.63, 3.8) is 0 Å². The van der Waals surface area contributed by atoms with Gasteiger partial charge in [0.05, 0.1) is 18.3 Å². The van der Waals surface area contributed by atoms with E-state index in [4.69, 9.17) is 4.74 Å². The molecule has 1 aromatic carbocycles. The van der Waals surface area contributed by atoms with Gasteiger partial charge in [-0.15, -0.1) is 0 Å². The average molecular weight is 388 g/mol. The fourth-order valence-electron chi connectivity index (χ4n) is 2.77. The van der Waals surface area contributed by atoms with Crippen molar-refractivity contribution in [3.05, 3.63) is 29.1 Å². The van der Waals surface area contributed by atoms with Crippen LogP contribution < -0.4 is 10.2 Å². The summed E-state index contributed by atoms with van der Waals surface area (Å²) in [6, 6.07) is 0.399. The number of halogens is 3. The predicted molar refractivity (Wildman–Crippen MR) is 92.3 cm³/mol. The maximum atomic E-state index is 14.4. The zero-order chi connectivity index (χ0) is 20.4. The van der Waals surface area contributed by atoms with Gasteiger partial charge in [-0.3, -0.25) is 0 Å². The lowest BCUT2D eigenvalue weighted by molar-refractivity contribution is 0.0499. The standard InChI is InChI=1S/C18H23F3N2O4/c1-5-26-16(24)13-11(19)8-12(14(20)15(13)21)23-7-6-10(9-23)22-17(25)27-18(2,3)4/h8,10H,5-7,9H2,1-4H3,(H,22,25). The van der Waals surface area contributed by atoms with Crippen molar-refractivity contribution in [1.29, 1.82) is 0 Å². The van der Waals surface area contributed by atoms with E-state index in [-0.39, 0.29) is 31.4 Å². The summed E-state index contributed by atoms with van der Waals surface area (Å²) in [5.74, 6) is -5.39. The normalized spacial score (nSPS) is 17.0. The lowest BCUT2D eigenvalue weighted by atomic mass is 10.1. The van der Waals surface area contributed by atoms with Crippen LogP contribution in [0.2, 0.25) is 0 Å². The molecular formula is C18H23F3N2O4. The first-order chi connectivity index (χ1) is 12.5. The van der Waals surface area contributed by atoms with Crippen molar-refractivity contribution in [2.24, 2.45) is 0 Å². The van der Waals surface area contributed by atoms with E-state index < -0.39 is 40.7 Å². The molecular weight excluding hydrogens is 365 g/mol. The van der Waals surface area contributed by atoms with Crippen LogP contribution in [0, 0.1) is 17.5 Å². The van der Waals surface area contributed by atoms with E-state index in [0.717, 1.165) is 6.07 Å². The summed E-state index contributed by atoms with van der Waals surface area (Å²) >= 11 is 0. The van der Waals surface area contributed by atoms with Crippen LogP contribution >= 0.6 is 0 Å². The van der Waals surface area contributed by atoms with Crippen molar-refractivity contribution in [2.45, 2.75) is 45.8 Å². The molecule has 2 rings (SSSR count). The number of hydrogen-bond acceptors (Lipinski definition) is 5. The van der Waals surface area contributed by atoms with Gasteiger partial charge < -0.3 is 19.7 Å². The van der Waals surface area contributed by atoms with Gasteiger partial charge in [0.2, 0.25) is 0 Å². The number of nitrogens with one attached hydrogen (secondary N) is 1. The SMILES string of the molecule is CCOC(=O)c1c(F)cc(N2CCC(NC(=O)OC(C)(C)C)C2)c(F)c1F. The van der Waals surface area contributed by atoms with E-state index in [1.807, 2.05) is 0 Å². The van der Waals surface area contributed by atoms with Crippen LogP contribution in [0.4, 0.5) is 23.7 Å². The Kier molecular flexibility index (Phi) is 6.22. The van der Waals surface area contributed by atoms with E-state index in [9.17, 15) is 22.8 Å². The molecule has 27 heavy (non-hydrogen) atoms. The van der Waals surface area contributed by atoms with E-state index in [1.165, 1.54) is 11.8 Å². The highest BCUT2D eigenvalue weighted by Crippen LogP contribution is 2.30. The number of esters is 1. The van der Waals surface area contributed by atoms with Crippen molar-refractivity contribution < 1.29 is 32.2 Å². The zero-order valence-corrected chi connectivity index (χ0v) is 15.7. The Labute approximate surface area is 155 Å². The predicted octanol–water partition coefficient (Wildman–Crippen LogP) is 3.38. The van der Waals surface area contributed by atoms with Gasteiger partial charge in [0.15, 0.2) is 11.6 Å². The van der Waals surface area contributed by atoms with Crippen molar-refractivity contribution in [2.75, 3.05) is 24.6 Å². The number of rotatable bonds is 4. The number of nitrogens with zero attached hydrogens (tertiary/aromatic N) is 1. The number of ether oxygens (including phenoxy) is 2. The van der Waals surface area contributed by atoms with Crippen LogP contribution in [0.15, 0.2) is 6.07 Å². The van der Waals surface area contributed by atoms with Gasteiger partial charge in [0, 0.05) is 19.2 Å². The number of carbonyl (C=O) groups is 2. The van der Waals surface area contributed by atoms with Gasteiger partial charge in [-0.25, -0.2) is 22.8 Å². The molecule has 0 saturated carbocycles. The molecule has 1 atom stereocenters. The number of hydrogen-bond donors (Lipinski definition) is 1. The Morgan fingerprint density at radius 1 is 1.26 bits per heavy atom. The molecule has 1 amide bonds. The lowest BCUT2D eigenvalue weighted by Crippen LogP contribution is -2.40. The number of alkyl carbamates (subject to hydrolysis) is 1. The molecule has 1 aliphatic rings. The molecule has 150 valence electrons. The molecule has 1 aliphatic heterocycles. The topological polar surface area (TPSA) is 67.9 Å². The van der Waals surface area contributed by atoms with E-state index in [1.54, 1.807) is 20.8 Å². The van der Waals surface area contributed by atoms with Gasteiger partial charge in [-0.05, 0) is 34.1 Å². The van der Waals surface area contributed by atoms with Gasteiger partial charge in [0.25, 0.3) is 0 Å². The molecule has 1 aromatic rings. The first-order valence-electron chi connectivity index (χ1n) is 8.62. The largest absolute Gasteiger partial charge is 0.462 e. The molecule has 0 aromatic heterocycles. The van der Waals surface area contributed by atoms with Crippen LogP contribution in [0.1, 0.15) is 44.5 Å². The van der Waals surface area contributed by atoms with Crippen LogP contribution in [0.5, 0.6) is 0 Å². The molecule has 1 N–H and O–H groups in total. The highest BCUT2D eigenvalue weighted by Gasteiger charge is 2.31. The molecule has 0 aliphatic carbocycles. The first-order valence-corrected chi connectivity index (χ1v) is 8.62. The number of anilines is 1. The molecule has 9 heteroatoms.